The van der Waals surface area contributed by atoms with E-state index in [1.54, 1.807) is 83.3 Å². The quantitative estimate of drug-likeness (QED) is 0.0212. The number of carbonyl (C=O) groups excluding carboxylic acids is 10. The number of ether oxygens (including phenoxy) is 7. The Morgan fingerprint density at radius 2 is 0.932 bits per heavy atom. The SMILES string of the molecule is CC.CC(C)OC(=O)[C@H](CCC(=O)C=[N+]=[N-])NC(=O)OC(C)OC(=O)C(C)(C)C.CC(C)OC(=O)[C@H](CCC(=O)C=[N+]=[N-])NC(=O)OCOC(=O)C(C)(C)C.CCOC(=O)[C@@H](N)CCC(=O)C=[N+]=[N-].COP(C)C. The summed E-state index contributed by atoms with van der Waals surface area (Å²) >= 11 is 0. The van der Waals surface area contributed by atoms with E-state index in [0.717, 1.165) is 6.21 Å². The minimum absolute atomic E-state index is 0.0596. The third-order valence-electron chi connectivity index (χ3n) is 7.63. The number of amides is 2. The molecule has 0 aliphatic carbocycles. The zero-order valence-electron chi connectivity index (χ0n) is 45.9. The summed E-state index contributed by atoms with van der Waals surface area (Å²) in [5.41, 5.74) is 28.5. The lowest BCUT2D eigenvalue weighted by atomic mass is 9.97. The average Bonchev–Trinajstić information content (AvgIpc) is 3.28. The van der Waals surface area contributed by atoms with Gasteiger partial charge in [-0.3, -0.25) is 28.8 Å². The minimum Gasteiger partial charge on any atom is -0.465 e. The van der Waals surface area contributed by atoms with E-state index in [0.29, 0.717) is 12.4 Å². The molecule has 0 aliphatic heterocycles. The summed E-state index contributed by atoms with van der Waals surface area (Å²) in [6.07, 6.45) is -2.19. The number of carbonyl (C=O) groups is 10. The molecule has 27 nitrogen and oxygen atoms in total. The van der Waals surface area contributed by atoms with E-state index in [1.165, 1.54) is 6.92 Å². The van der Waals surface area contributed by atoms with E-state index in [-0.39, 0.29) is 59.1 Å². The largest absolute Gasteiger partial charge is 0.465 e. The zero-order valence-corrected chi connectivity index (χ0v) is 46.8. The lowest BCUT2D eigenvalue weighted by Crippen LogP contribution is -2.44. The monoisotopic (exact) mass is 1080 g/mol. The van der Waals surface area contributed by atoms with Crippen LogP contribution in [0.4, 0.5) is 9.59 Å². The van der Waals surface area contributed by atoms with Gasteiger partial charge >= 0.3 is 60.7 Å². The van der Waals surface area contributed by atoms with Crippen molar-refractivity contribution >= 4 is 86.2 Å². The fourth-order valence-corrected chi connectivity index (χ4v) is 3.97. The van der Waals surface area contributed by atoms with Gasteiger partial charge in [-0.2, -0.15) is 14.4 Å². The van der Waals surface area contributed by atoms with Crippen LogP contribution in [-0.2, 0) is 76.0 Å². The molecule has 0 rings (SSSR count). The van der Waals surface area contributed by atoms with Gasteiger partial charge in [0.15, 0.2) is 0 Å². The first-order valence-corrected chi connectivity index (χ1v) is 25.3. The number of ketones is 3. The third kappa shape index (κ3) is 46.5. The molecule has 2 amide bonds. The van der Waals surface area contributed by atoms with Gasteiger partial charge < -0.3 is 70.6 Å². The van der Waals surface area contributed by atoms with Gasteiger partial charge in [-0.25, -0.2) is 19.2 Å². The Bertz CT molecular complexity index is 1920. The molecule has 74 heavy (non-hydrogen) atoms. The third-order valence-corrected chi connectivity index (χ3v) is 8.36. The first kappa shape index (κ1) is 76.3. The molecular weight excluding hydrogens is 998 g/mol. The Balaban J connectivity index is -0.000000313. The molecule has 0 heterocycles. The molecule has 422 valence electrons. The normalized spacial score (nSPS) is 11.7. The Morgan fingerprint density at radius 1 is 0.568 bits per heavy atom. The summed E-state index contributed by atoms with van der Waals surface area (Å²) in [4.78, 5) is 123. The van der Waals surface area contributed by atoms with Crippen molar-refractivity contribution in [3.63, 3.8) is 0 Å². The maximum atomic E-state index is 12.1. The molecule has 4 atom stereocenters. The molecule has 0 saturated heterocycles. The Morgan fingerprint density at radius 3 is 1.26 bits per heavy atom. The van der Waals surface area contributed by atoms with Gasteiger partial charge in [0.05, 0.1) is 29.6 Å². The van der Waals surface area contributed by atoms with Crippen molar-refractivity contribution in [1.82, 2.24) is 10.6 Å². The molecule has 0 aromatic heterocycles. The highest BCUT2D eigenvalue weighted by atomic mass is 31.1. The molecule has 0 bridgehead atoms. The molecule has 1 unspecified atom stereocenters. The number of esters is 5. The predicted octanol–water partition coefficient (Wildman–Crippen LogP) is 4.69. The number of rotatable bonds is 25. The summed E-state index contributed by atoms with van der Waals surface area (Å²) in [6, 6.07) is -3.12. The maximum absolute atomic E-state index is 12.1. The molecule has 0 saturated carbocycles. The summed E-state index contributed by atoms with van der Waals surface area (Å²) < 4.78 is 38.8. The van der Waals surface area contributed by atoms with Crippen LogP contribution < -0.4 is 16.4 Å². The van der Waals surface area contributed by atoms with Crippen LogP contribution in [0.5, 0.6) is 0 Å². The topological polar surface area (TPSA) is 404 Å². The first-order valence-electron chi connectivity index (χ1n) is 23.2. The molecule has 28 heteroatoms. The van der Waals surface area contributed by atoms with Crippen molar-refractivity contribution in [3.8, 4) is 0 Å². The number of alkyl carbamates (subject to hydrolysis) is 2. The van der Waals surface area contributed by atoms with Crippen LogP contribution in [0.2, 0.25) is 0 Å². The number of nitrogens with one attached hydrogen (secondary N) is 2. The molecular formula is C46H80N9O18P. The fraction of sp³-hybridized carbons (Fsp3) is 0.717. The summed E-state index contributed by atoms with van der Waals surface area (Å²) in [6.45, 7) is 27.2. The van der Waals surface area contributed by atoms with Crippen molar-refractivity contribution in [2.45, 2.75) is 172 Å². The van der Waals surface area contributed by atoms with E-state index in [9.17, 15) is 47.9 Å². The van der Waals surface area contributed by atoms with Crippen molar-refractivity contribution < 1.29 is 100.0 Å². The van der Waals surface area contributed by atoms with E-state index in [4.69, 9.17) is 55.3 Å². The molecule has 0 aliphatic rings. The average molecular weight is 1080 g/mol. The van der Waals surface area contributed by atoms with Crippen LogP contribution in [0.25, 0.3) is 16.6 Å². The van der Waals surface area contributed by atoms with Crippen LogP contribution in [0.1, 0.15) is 135 Å². The van der Waals surface area contributed by atoms with Gasteiger partial charge in [0.2, 0.25) is 30.4 Å². The van der Waals surface area contributed by atoms with Crippen LogP contribution in [-0.4, -0.2) is 163 Å². The summed E-state index contributed by atoms with van der Waals surface area (Å²) in [7, 11) is 1.63. The molecule has 0 aromatic rings. The smallest absolute Gasteiger partial charge is 0.410 e. The van der Waals surface area contributed by atoms with Gasteiger partial charge in [-0.15, -0.1) is 0 Å². The molecule has 0 radical (unpaired) electrons. The van der Waals surface area contributed by atoms with Gasteiger partial charge in [0.1, 0.15) is 18.1 Å². The zero-order chi connectivity index (χ0) is 58.8. The number of hydrogen-bond donors (Lipinski definition) is 3. The predicted molar refractivity (Wildman–Crippen MR) is 268 cm³/mol. The van der Waals surface area contributed by atoms with Gasteiger partial charge in [0, 0.05) is 41.4 Å². The molecule has 4 N–H and O–H groups in total. The molecule has 0 aromatic carbocycles. The van der Waals surface area contributed by atoms with Crippen molar-refractivity contribution in [3.05, 3.63) is 16.6 Å². The lowest BCUT2D eigenvalue weighted by Gasteiger charge is -2.22. The number of nitrogens with two attached hydrogens (primary N) is 1. The van der Waals surface area contributed by atoms with E-state index < -0.39 is 108 Å². The Labute approximate surface area is 434 Å². The van der Waals surface area contributed by atoms with Gasteiger partial charge in [-0.05, 0) is 109 Å². The second-order valence-electron chi connectivity index (χ2n) is 17.3. The summed E-state index contributed by atoms with van der Waals surface area (Å²) in [5, 5.41) is 4.52. The van der Waals surface area contributed by atoms with E-state index in [1.807, 2.05) is 13.8 Å². The second-order valence-corrected chi connectivity index (χ2v) is 19.3. The highest BCUT2D eigenvalue weighted by Crippen LogP contribution is 2.22. The Hall–Kier alpha value is -6.61. The van der Waals surface area contributed by atoms with Crippen LogP contribution in [0.3, 0.4) is 0 Å². The van der Waals surface area contributed by atoms with Gasteiger partial charge in [-0.1, -0.05) is 13.8 Å². The van der Waals surface area contributed by atoms with Gasteiger partial charge in [0.25, 0.3) is 0 Å². The number of Topliss-reactive ketones (excluding diaryl/α,β-unsaturated/α-hetero) is 3. The van der Waals surface area contributed by atoms with Crippen molar-refractivity contribution in [1.29, 1.82) is 0 Å². The van der Waals surface area contributed by atoms with E-state index in [2.05, 4.69) is 43.1 Å². The fourth-order valence-electron chi connectivity index (χ4n) is 3.97. The maximum Gasteiger partial charge on any atom is 0.410 e. The highest BCUT2D eigenvalue weighted by molar-refractivity contribution is 7.50. The highest BCUT2D eigenvalue weighted by Gasteiger charge is 2.30. The van der Waals surface area contributed by atoms with Crippen LogP contribution in [0, 0.1) is 10.8 Å². The van der Waals surface area contributed by atoms with E-state index >= 15 is 0 Å². The summed E-state index contributed by atoms with van der Waals surface area (Å²) in [5.74, 6) is -4.62. The number of nitrogens with zero attached hydrogens (tertiary/aromatic N) is 6. The first-order chi connectivity index (χ1) is 34.2. The minimum atomic E-state index is -1.18. The van der Waals surface area contributed by atoms with Crippen LogP contribution in [0.15, 0.2) is 0 Å². The van der Waals surface area contributed by atoms with Crippen molar-refractivity contribution in [2.24, 2.45) is 16.6 Å². The lowest BCUT2D eigenvalue weighted by molar-refractivity contribution is -0.175. The Kier molecular flexibility index (Phi) is 45.3. The van der Waals surface area contributed by atoms with Crippen LogP contribution >= 0.6 is 8.15 Å². The molecule has 0 fully saturated rings. The second kappa shape index (κ2) is 43.9. The number of hydrogen-bond acceptors (Lipinski definition) is 19. The molecule has 0 spiro atoms. The standard InChI is InChI=1S/C17H27N3O7.C16H25N3O7.C8H13N3O3.C3H9OP.C2H6/c1-10(2)25-14(22)13(8-7-12(21)9-19-18)20-16(24)27-11(3)26-15(23)17(4,5)6;1-10(2)26-13(21)12(7-6-11(20)8-18-17)19-15(23)25-9-24-14(22)16(3,4)5;1-2-14-8(13)7(9)4-3-6(12)5-11-10;1-4-5(2)3;1-2/h9-11,13H,7-8H2,1-6H3,(H,20,24);8,10,12H,6-7,9H2,1-5H3,(H,19,23);5,7H,2-4,9H2,1H3;1-3H3;1-2H3/t11?,13-;12-;7-;;/m000../s1. The van der Waals surface area contributed by atoms with Crippen molar-refractivity contribution in [2.75, 3.05) is 33.8 Å².